The molecule has 3 aromatic heterocycles. The molecule has 1 fully saturated rings. The Balaban J connectivity index is 1.49. The van der Waals surface area contributed by atoms with Gasteiger partial charge >= 0.3 is 0 Å². The van der Waals surface area contributed by atoms with Crippen LogP contribution in [0, 0.1) is 13.8 Å². The third-order valence-corrected chi connectivity index (χ3v) is 7.78. The zero-order valence-corrected chi connectivity index (χ0v) is 22.2. The van der Waals surface area contributed by atoms with E-state index in [1.807, 2.05) is 39.1 Å². The smallest absolute Gasteiger partial charge is 0.151 e. The maximum atomic E-state index is 12.1. The number of ether oxygens (including phenoxy) is 1. The van der Waals surface area contributed by atoms with Gasteiger partial charge in [0.15, 0.2) is 9.84 Å². The first-order chi connectivity index (χ1) is 17.6. The van der Waals surface area contributed by atoms with Crippen molar-refractivity contribution >= 4 is 38.2 Å². The molecule has 0 saturated heterocycles. The summed E-state index contributed by atoms with van der Waals surface area (Å²) >= 11 is 0. The maximum Gasteiger partial charge on any atom is 0.151 e. The van der Waals surface area contributed by atoms with Crippen LogP contribution < -0.4 is 15.4 Å². The second-order valence-electron chi connectivity index (χ2n) is 9.88. The number of nitrogens with one attached hydrogen (secondary N) is 3. The largest absolute Gasteiger partial charge is 0.496 e. The van der Waals surface area contributed by atoms with E-state index < -0.39 is 16.0 Å². The lowest BCUT2D eigenvalue weighted by Gasteiger charge is -2.23. The molecule has 6 rings (SSSR count). The summed E-state index contributed by atoms with van der Waals surface area (Å²) in [7, 11) is 0.235. The van der Waals surface area contributed by atoms with Gasteiger partial charge in [0.25, 0.3) is 0 Å². The van der Waals surface area contributed by atoms with E-state index in [1.165, 1.54) is 6.26 Å². The standard InChI is InChI=1S/C25H29N7O4S/c1-12-22(13(2)36-31-12)16-8-18-15(9-19(16)35-4)23-24(26-18)27-20(11-37(5,33)34)28-25(23)29-21-10-17(14-6-7-14)30-32(21)3/h8-10,14,20,26-27H,6-7,11H2,1-5H3,(H,28,29). The maximum absolute atomic E-state index is 12.1. The highest BCUT2D eigenvalue weighted by Crippen LogP contribution is 2.42. The molecule has 4 heterocycles. The molecule has 1 aliphatic carbocycles. The summed E-state index contributed by atoms with van der Waals surface area (Å²) in [4.78, 5) is 8.21. The number of rotatable bonds is 6. The van der Waals surface area contributed by atoms with Gasteiger partial charge in [-0.15, -0.1) is 0 Å². The Hall–Kier alpha value is -3.80. The van der Waals surface area contributed by atoms with Gasteiger partial charge in [0.1, 0.15) is 35.1 Å². The van der Waals surface area contributed by atoms with Gasteiger partial charge in [-0.25, -0.2) is 13.4 Å². The highest BCUT2D eigenvalue weighted by molar-refractivity contribution is 7.90. The number of anilines is 2. The van der Waals surface area contributed by atoms with Crippen LogP contribution in [0.5, 0.6) is 5.75 Å². The Labute approximate surface area is 214 Å². The van der Waals surface area contributed by atoms with E-state index in [0.29, 0.717) is 29.1 Å². The van der Waals surface area contributed by atoms with Crippen LogP contribution in [0.1, 0.15) is 41.5 Å². The third kappa shape index (κ3) is 4.24. The van der Waals surface area contributed by atoms with Crippen LogP contribution in [-0.4, -0.2) is 59.5 Å². The van der Waals surface area contributed by atoms with Gasteiger partial charge in [-0.1, -0.05) is 5.16 Å². The molecule has 0 radical (unpaired) electrons. The summed E-state index contributed by atoms with van der Waals surface area (Å²) in [6.07, 6.45) is 2.86. The average molecular weight is 524 g/mol. The molecule has 0 spiro atoms. The number of H-pyrrole nitrogens is 1. The lowest BCUT2D eigenvalue weighted by molar-refractivity contribution is 0.393. The van der Waals surface area contributed by atoms with Gasteiger partial charge < -0.3 is 24.9 Å². The molecule has 0 bridgehead atoms. The van der Waals surface area contributed by atoms with E-state index >= 15 is 0 Å². The molecular weight excluding hydrogens is 494 g/mol. The minimum Gasteiger partial charge on any atom is -0.496 e. The molecule has 37 heavy (non-hydrogen) atoms. The molecule has 11 nitrogen and oxygen atoms in total. The van der Waals surface area contributed by atoms with Crippen molar-refractivity contribution in [2.45, 2.75) is 38.8 Å². The fraction of sp³-hybridized carbons (Fsp3) is 0.400. The van der Waals surface area contributed by atoms with Crippen LogP contribution in [0.3, 0.4) is 0 Å². The van der Waals surface area contributed by atoms with E-state index in [0.717, 1.165) is 57.6 Å². The van der Waals surface area contributed by atoms with Crippen molar-refractivity contribution in [1.82, 2.24) is 19.9 Å². The Morgan fingerprint density at radius 2 is 2.00 bits per heavy atom. The topological polar surface area (TPSA) is 139 Å². The number of aromatic amines is 1. The Morgan fingerprint density at radius 3 is 2.65 bits per heavy atom. The second kappa shape index (κ2) is 8.37. The van der Waals surface area contributed by atoms with E-state index in [4.69, 9.17) is 14.3 Å². The molecule has 194 valence electrons. The molecule has 3 N–H and O–H groups in total. The van der Waals surface area contributed by atoms with Crippen molar-refractivity contribution < 1.29 is 17.7 Å². The molecule has 1 aliphatic heterocycles. The van der Waals surface area contributed by atoms with Crippen LogP contribution in [0.4, 0.5) is 11.6 Å². The van der Waals surface area contributed by atoms with Crippen molar-refractivity contribution in [3.63, 3.8) is 0 Å². The Kier molecular flexibility index (Phi) is 5.34. The predicted octanol–water partition coefficient (Wildman–Crippen LogP) is 3.71. The highest BCUT2D eigenvalue weighted by atomic mass is 32.2. The van der Waals surface area contributed by atoms with Crippen molar-refractivity contribution in [1.29, 1.82) is 0 Å². The number of methoxy groups -OCH3 is 1. The van der Waals surface area contributed by atoms with Crippen LogP contribution in [0.2, 0.25) is 0 Å². The predicted molar refractivity (Wildman–Crippen MR) is 142 cm³/mol. The lowest BCUT2D eigenvalue weighted by atomic mass is 10.00. The van der Waals surface area contributed by atoms with Gasteiger partial charge in [-0.3, -0.25) is 4.68 Å². The Bertz CT molecular complexity index is 1650. The van der Waals surface area contributed by atoms with Crippen molar-refractivity contribution in [2.24, 2.45) is 12.0 Å². The molecule has 12 heteroatoms. The van der Waals surface area contributed by atoms with Crippen molar-refractivity contribution in [2.75, 3.05) is 29.8 Å². The molecule has 1 unspecified atom stereocenters. The van der Waals surface area contributed by atoms with Crippen molar-refractivity contribution in [3.8, 4) is 16.9 Å². The van der Waals surface area contributed by atoms with Crippen LogP contribution in [0.25, 0.3) is 22.0 Å². The minimum atomic E-state index is -3.28. The molecule has 2 aliphatic rings. The Morgan fingerprint density at radius 1 is 1.22 bits per heavy atom. The van der Waals surface area contributed by atoms with Gasteiger partial charge in [-0.05, 0) is 38.8 Å². The van der Waals surface area contributed by atoms with Crippen LogP contribution in [0.15, 0.2) is 27.7 Å². The fourth-order valence-corrected chi connectivity index (χ4v) is 5.73. The first-order valence-electron chi connectivity index (χ1n) is 12.1. The number of nitrogens with zero attached hydrogens (tertiary/aromatic N) is 4. The van der Waals surface area contributed by atoms with Crippen molar-refractivity contribution in [3.05, 3.63) is 40.9 Å². The number of aliphatic imine (C=N–C) groups is 1. The van der Waals surface area contributed by atoms with E-state index in [9.17, 15) is 8.42 Å². The van der Waals surface area contributed by atoms with Gasteiger partial charge in [0, 0.05) is 41.8 Å². The third-order valence-electron chi connectivity index (χ3n) is 6.86. The number of benzene rings is 1. The summed E-state index contributed by atoms with van der Waals surface area (Å²) in [6, 6.07) is 6.00. The molecule has 4 aromatic rings. The van der Waals surface area contributed by atoms with Crippen LogP contribution in [-0.2, 0) is 16.9 Å². The minimum absolute atomic E-state index is 0.140. The van der Waals surface area contributed by atoms with Gasteiger partial charge in [-0.2, -0.15) is 5.10 Å². The zero-order valence-electron chi connectivity index (χ0n) is 21.3. The molecule has 1 saturated carbocycles. The average Bonchev–Trinajstić information content (AvgIpc) is 3.41. The number of sulfone groups is 1. The number of hydrogen-bond acceptors (Lipinski definition) is 9. The molecule has 0 amide bonds. The zero-order chi connectivity index (χ0) is 26.1. The van der Waals surface area contributed by atoms with Gasteiger partial charge in [0.05, 0.1) is 35.4 Å². The molecule has 1 aromatic carbocycles. The quantitative estimate of drug-likeness (QED) is 0.348. The number of aryl methyl sites for hydroxylation is 3. The van der Waals surface area contributed by atoms with E-state index in [1.54, 1.807) is 11.8 Å². The molecule has 1 atom stereocenters. The SMILES string of the molecule is COc1cc2c3c([nH]c2cc1-c1c(C)noc1C)NC(CS(C)(=O)=O)N=C3Nc1cc(C2CC2)nn1C. The second-order valence-corrected chi connectivity index (χ2v) is 12.1. The number of fused-ring (bicyclic) bond motifs is 3. The first-order valence-corrected chi connectivity index (χ1v) is 14.2. The lowest BCUT2D eigenvalue weighted by Crippen LogP contribution is -2.34. The summed E-state index contributed by atoms with van der Waals surface area (Å²) < 4.78 is 37.2. The highest BCUT2D eigenvalue weighted by Gasteiger charge is 2.30. The fourth-order valence-electron chi connectivity index (χ4n) is 4.99. The van der Waals surface area contributed by atoms with E-state index in [-0.39, 0.29) is 5.75 Å². The van der Waals surface area contributed by atoms with Gasteiger partial charge in [0.2, 0.25) is 0 Å². The summed E-state index contributed by atoms with van der Waals surface area (Å²) in [5.74, 6) is 3.77. The normalized spacial score (nSPS) is 17.4. The first kappa shape index (κ1) is 23.6. The number of aromatic nitrogens is 4. The number of amidine groups is 1. The summed E-state index contributed by atoms with van der Waals surface area (Å²) in [5, 5.41) is 16.3. The molecular formula is C25H29N7O4S. The summed E-state index contributed by atoms with van der Waals surface area (Å²) in [5.41, 5.74) is 5.19. The van der Waals surface area contributed by atoms with Crippen LogP contribution >= 0.6 is 0 Å². The van der Waals surface area contributed by atoms with E-state index in [2.05, 4.69) is 25.9 Å². The monoisotopic (exact) mass is 523 g/mol. The number of hydrogen-bond donors (Lipinski definition) is 3. The summed E-state index contributed by atoms with van der Waals surface area (Å²) in [6.45, 7) is 3.76.